The molecule has 0 aliphatic carbocycles. The van der Waals surface area contributed by atoms with Crippen LogP contribution < -0.4 is 0 Å². The number of rotatable bonds is 3. The lowest BCUT2D eigenvalue weighted by Gasteiger charge is -2.19. The first-order valence-corrected chi connectivity index (χ1v) is 6.35. The predicted molar refractivity (Wildman–Crippen MR) is 68.5 cm³/mol. The molecule has 0 amide bonds. The largest absolute Gasteiger partial charge is 0.508 e. The smallest absolute Gasteiger partial charge is 0.274 e. The van der Waals surface area contributed by atoms with Crippen molar-refractivity contribution in [2.24, 2.45) is 0 Å². The van der Waals surface area contributed by atoms with E-state index in [1.807, 2.05) is 0 Å². The van der Waals surface area contributed by atoms with E-state index in [9.17, 15) is 15.2 Å². The monoisotopic (exact) mass is 250 g/mol. The molecule has 1 aliphatic heterocycles. The SMILES string of the molecule is O=[N+]([O-])c1ccc(O)cc1CN1CCCCCC1. The Balaban J connectivity index is 2.15. The van der Waals surface area contributed by atoms with Gasteiger partial charge in [-0.05, 0) is 38.1 Å². The highest BCUT2D eigenvalue weighted by molar-refractivity contribution is 5.44. The van der Waals surface area contributed by atoms with Gasteiger partial charge in [-0.1, -0.05) is 12.8 Å². The van der Waals surface area contributed by atoms with E-state index in [1.54, 1.807) is 0 Å². The third kappa shape index (κ3) is 3.20. The number of hydrogen-bond donors (Lipinski definition) is 1. The molecule has 1 saturated heterocycles. The molecular weight excluding hydrogens is 232 g/mol. The van der Waals surface area contributed by atoms with Crippen molar-refractivity contribution in [2.75, 3.05) is 13.1 Å². The molecule has 1 heterocycles. The first-order valence-electron chi connectivity index (χ1n) is 6.35. The minimum Gasteiger partial charge on any atom is -0.508 e. The second-order valence-corrected chi connectivity index (χ2v) is 4.76. The number of phenolic OH excluding ortho intramolecular Hbond substituents is 1. The van der Waals surface area contributed by atoms with Gasteiger partial charge < -0.3 is 5.11 Å². The second kappa shape index (κ2) is 5.82. The molecule has 2 rings (SSSR count). The number of aromatic hydroxyl groups is 1. The van der Waals surface area contributed by atoms with Crippen molar-refractivity contribution in [3.05, 3.63) is 33.9 Å². The van der Waals surface area contributed by atoms with Crippen molar-refractivity contribution in [3.8, 4) is 5.75 Å². The lowest BCUT2D eigenvalue weighted by Crippen LogP contribution is -2.24. The van der Waals surface area contributed by atoms with E-state index in [-0.39, 0.29) is 16.4 Å². The van der Waals surface area contributed by atoms with Gasteiger partial charge in [-0.3, -0.25) is 15.0 Å². The molecule has 5 heteroatoms. The summed E-state index contributed by atoms with van der Waals surface area (Å²) in [6.45, 7) is 2.50. The molecule has 5 nitrogen and oxygen atoms in total. The molecule has 1 aliphatic rings. The van der Waals surface area contributed by atoms with E-state index in [2.05, 4.69) is 4.90 Å². The molecule has 1 fully saturated rings. The van der Waals surface area contributed by atoms with Crippen molar-refractivity contribution in [3.63, 3.8) is 0 Å². The minimum atomic E-state index is -0.382. The Kier molecular flexibility index (Phi) is 4.15. The number of nitro benzene ring substituents is 1. The molecule has 1 aromatic rings. The van der Waals surface area contributed by atoms with Crippen LogP contribution in [-0.2, 0) is 6.54 Å². The number of nitro groups is 1. The van der Waals surface area contributed by atoms with Crippen molar-refractivity contribution in [1.29, 1.82) is 0 Å². The molecule has 18 heavy (non-hydrogen) atoms. The van der Waals surface area contributed by atoms with Gasteiger partial charge in [0.15, 0.2) is 0 Å². The molecular formula is C13H18N2O3. The van der Waals surface area contributed by atoms with Crippen LogP contribution in [0, 0.1) is 10.1 Å². The van der Waals surface area contributed by atoms with E-state index in [4.69, 9.17) is 0 Å². The van der Waals surface area contributed by atoms with Crippen LogP contribution in [0.1, 0.15) is 31.2 Å². The number of phenols is 1. The van der Waals surface area contributed by atoms with Gasteiger partial charge in [-0.25, -0.2) is 0 Å². The maximum atomic E-state index is 10.9. The quantitative estimate of drug-likeness (QED) is 0.661. The summed E-state index contributed by atoms with van der Waals surface area (Å²) in [6, 6.07) is 4.25. The minimum absolute atomic E-state index is 0.0884. The number of hydrogen-bond acceptors (Lipinski definition) is 4. The first kappa shape index (κ1) is 12.8. The van der Waals surface area contributed by atoms with E-state index in [0.29, 0.717) is 12.1 Å². The number of nitrogens with zero attached hydrogens (tertiary/aromatic N) is 2. The average molecular weight is 250 g/mol. The maximum absolute atomic E-state index is 10.9. The van der Waals surface area contributed by atoms with E-state index in [0.717, 1.165) is 25.9 Å². The number of likely N-dealkylation sites (tertiary alicyclic amines) is 1. The summed E-state index contributed by atoms with van der Waals surface area (Å²) in [6.07, 6.45) is 4.76. The fourth-order valence-electron chi connectivity index (χ4n) is 2.41. The zero-order valence-corrected chi connectivity index (χ0v) is 10.3. The lowest BCUT2D eigenvalue weighted by molar-refractivity contribution is -0.385. The van der Waals surface area contributed by atoms with Crippen LogP contribution in [0.2, 0.25) is 0 Å². The molecule has 0 saturated carbocycles. The Bertz CT molecular complexity index is 426. The number of benzene rings is 1. The van der Waals surface area contributed by atoms with Crippen molar-refractivity contribution in [2.45, 2.75) is 32.2 Å². The molecule has 0 radical (unpaired) electrons. The normalized spacial score (nSPS) is 17.3. The topological polar surface area (TPSA) is 66.6 Å². The van der Waals surface area contributed by atoms with Crippen LogP contribution in [0.5, 0.6) is 5.75 Å². The van der Waals surface area contributed by atoms with Gasteiger partial charge in [0.25, 0.3) is 5.69 Å². The molecule has 1 N–H and O–H groups in total. The van der Waals surface area contributed by atoms with Gasteiger partial charge >= 0.3 is 0 Å². The van der Waals surface area contributed by atoms with Gasteiger partial charge in [-0.15, -0.1) is 0 Å². The summed E-state index contributed by atoms with van der Waals surface area (Å²) in [7, 11) is 0. The van der Waals surface area contributed by atoms with Gasteiger partial charge in [0.1, 0.15) is 5.75 Å². The standard InChI is InChI=1S/C13H18N2O3/c16-12-5-6-13(15(17)18)11(9-12)10-14-7-3-1-2-4-8-14/h5-6,9,16H,1-4,7-8,10H2. The van der Waals surface area contributed by atoms with E-state index < -0.39 is 0 Å². The van der Waals surface area contributed by atoms with Gasteiger partial charge in [0.05, 0.1) is 4.92 Å². The molecule has 0 aromatic heterocycles. The van der Waals surface area contributed by atoms with Crippen molar-refractivity contribution in [1.82, 2.24) is 4.90 Å². The Morgan fingerprint density at radius 3 is 2.50 bits per heavy atom. The van der Waals surface area contributed by atoms with Crippen LogP contribution in [0.15, 0.2) is 18.2 Å². The van der Waals surface area contributed by atoms with Crippen molar-refractivity contribution < 1.29 is 10.0 Å². The van der Waals surface area contributed by atoms with Crippen LogP contribution in [0.25, 0.3) is 0 Å². The van der Waals surface area contributed by atoms with E-state index >= 15 is 0 Å². The summed E-state index contributed by atoms with van der Waals surface area (Å²) >= 11 is 0. The highest BCUT2D eigenvalue weighted by Gasteiger charge is 2.17. The Hall–Kier alpha value is -1.62. The van der Waals surface area contributed by atoms with Gasteiger partial charge in [0.2, 0.25) is 0 Å². The van der Waals surface area contributed by atoms with Crippen LogP contribution in [0.4, 0.5) is 5.69 Å². The fourth-order valence-corrected chi connectivity index (χ4v) is 2.41. The zero-order valence-electron chi connectivity index (χ0n) is 10.3. The Morgan fingerprint density at radius 2 is 1.89 bits per heavy atom. The molecule has 1 aromatic carbocycles. The van der Waals surface area contributed by atoms with Crippen molar-refractivity contribution >= 4 is 5.69 Å². The Morgan fingerprint density at radius 1 is 1.22 bits per heavy atom. The highest BCUT2D eigenvalue weighted by Crippen LogP contribution is 2.25. The average Bonchev–Trinajstić information content (AvgIpc) is 2.57. The third-order valence-electron chi connectivity index (χ3n) is 3.35. The zero-order chi connectivity index (χ0) is 13.0. The summed E-state index contributed by atoms with van der Waals surface area (Å²) in [5.41, 5.74) is 0.693. The van der Waals surface area contributed by atoms with Crippen LogP contribution >= 0.6 is 0 Å². The molecule has 0 unspecified atom stereocenters. The lowest BCUT2D eigenvalue weighted by atomic mass is 10.1. The summed E-state index contributed by atoms with van der Waals surface area (Å²) in [5.74, 6) is 0.0884. The molecule has 0 spiro atoms. The molecule has 0 bridgehead atoms. The summed E-state index contributed by atoms with van der Waals surface area (Å²) in [5, 5.41) is 20.4. The van der Waals surface area contributed by atoms with Crippen LogP contribution in [-0.4, -0.2) is 28.0 Å². The van der Waals surface area contributed by atoms with Crippen LogP contribution in [0.3, 0.4) is 0 Å². The summed E-state index contributed by atoms with van der Waals surface area (Å²) in [4.78, 5) is 12.8. The third-order valence-corrected chi connectivity index (χ3v) is 3.35. The first-order chi connectivity index (χ1) is 8.66. The molecule has 98 valence electrons. The predicted octanol–water partition coefficient (Wildman–Crippen LogP) is 2.68. The maximum Gasteiger partial charge on any atom is 0.274 e. The van der Waals surface area contributed by atoms with Gasteiger partial charge in [-0.2, -0.15) is 0 Å². The fraction of sp³-hybridized carbons (Fsp3) is 0.538. The second-order valence-electron chi connectivity index (χ2n) is 4.76. The summed E-state index contributed by atoms with van der Waals surface area (Å²) < 4.78 is 0. The van der Waals surface area contributed by atoms with Gasteiger partial charge in [0, 0.05) is 18.2 Å². The Labute approximate surface area is 106 Å². The highest BCUT2D eigenvalue weighted by atomic mass is 16.6. The molecule has 0 atom stereocenters. The van der Waals surface area contributed by atoms with E-state index in [1.165, 1.54) is 31.0 Å².